The monoisotopic (exact) mass is 286 g/mol. The summed E-state index contributed by atoms with van der Waals surface area (Å²) < 4.78 is 27.1. The van der Waals surface area contributed by atoms with E-state index in [-0.39, 0.29) is 12.0 Å². The van der Waals surface area contributed by atoms with Crippen molar-refractivity contribution in [3.05, 3.63) is 57.9 Å². The smallest absolute Gasteiger partial charge is 0.125 e. The third kappa shape index (κ3) is 4.56. The minimum Gasteiger partial charge on any atom is -0.308 e. The fraction of sp³-hybridized carbons (Fsp3) is 0.286. The number of rotatable bonds is 3. The van der Waals surface area contributed by atoms with Crippen molar-refractivity contribution in [2.24, 2.45) is 0 Å². The summed E-state index contributed by atoms with van der Waals surface area (Å²) in [4.78, 5) is 0. The van der Waals surface area contributed by atoms with Crippen molar-refractivity contribution in [2.75, 3.05) is 0 Å². The molecule has 0 aliphatic carbocycles. The van der Waals surface area contributed by atoms with Crippen molar-refractivity contribution in [3.63, 3.8) is 0 Å². The minimum atomic E-state index is -0.551. The Hall–Kier alpha value is -1.55. The highest BCUT2D eigenvalue weighted by atomic mass is 35.5. The fourth-order valence-electron chi connectivity index (χ4n) is 1.62. The number of hydrogen-bond acceptors (Lipinski definition) is 0. The first-order chi connectivity index (χ1) is 8.95. The molecule has 0 aliphatic rings. The maximum Gasteiger partial charge on any atom is 0.125 e. The van der Waals surface area contributed by atoms with Crippen LogP contribution >= 0.6 is 11.6 Å². The molecule has 0 aliphatic heterocycles. The molecule has 0 atom stereocenters. The van der Waals surface area contributed by atoms with Gasteiger partial charge in [-0.2, -0.15) is 0 Å². The number of aromatic nitrogens is 2. The zero-order valence-electron chi connectivity index (χ0n) is 11.2. The lowest BCUT2D eigenvalue weighted by Gasteiger charge is -2.08. The molecule has 1 heterocycles. The van der Waals surface area contributed by atoms with Gasteiger partial charge in [-0.25, -0.2) is 8.78 Å². The molecule has 0 aromatic carbocycles. The number of nitrogens with one attached hydrogen (secondary N) is 2. The largest absolute Gasteiger partial charge is 0.308 e. The van der Waals surface area contributed by atoms with Gasteiger partial charge in [0.15, 0.2) is 0 Å². The molecule has 0 spiro atoms. The number of aryl methyl sites for hydroxylation is 1. The number of hydrogen-bond donors (Lipinski definition) is 2. The summed E-state index contributed by atoms with van der Waals surface area (Å²) in [5.41, 5.74) is 1.64. The van der Waals surface area contributed by atoms with Crippen LogP contribution in [0.5, 0.6) is 0 Å². The van der Waals surface area contributed by atoms with Crippen LogP contribution in [0.2, 0.25) is 5.02 Å². The fourth-order valence-corrected chi connectivity index (χ4v) is 1.84. The second kappa shape index (κ2) is 7.14. The number of aromatic amines is 2. The summed E-state index contributed by atoms with van der Waals surface area (Å²) >= 11 is 5.93. The second-order valence-electron chi connectivity index (χ2n) is 4.14. The van der Waals surface area contributed by atoms with E-state index in [0.717, 1.165) is 11.1 Å². The van der Waals surface area contributed by atoms with E-state index in [1.165, 1.54) is 19.9 Å². The molecule has 0 amide bonds. The summed E-state index contributed by atoms with van der Waals surface area (Å²) in [6, 6.07) is 1.74. The van der Waals surface area contributed by atoms with Crippen molar-refractivity contribution in [3.8, 4) is 0 Å². The standard InChI is InChI=1S/C14H17ClF2N2/c1-4-14(17)13(10(3)16)6-11-7-18-19-8-12(15)5-9(11)2/h4-5,7-8,18-19H,6H2,1-3H3/b9-5?,11-7?,12-8?,13-10+,14-4+. The maximum atomic E-state index is 13.6. The van der Waals surface area contributed by atoms with Gasteiger partial charge in [0.25, 0.3) is 0 Å². The summed E-state index contributed by atoms with van der Waals surface area (Å²) in [5, 5.41) is 6.05. The Bertz CT molecular complexity index is 548. The van der Waals surface area contributed by atoms with Gasteiger partial charge < -0.3 is 10.2 Å². The van der Waals surface area contributed by atoms with Crippen molar-refractivity contribution >= 4 is 11.6 Å². The quantitative estimate of drug-likeness (QED) is 0.726. The Kier molecular flexibility index (Phi) is 5.83. The molecule has 19 heavy (non-hydrogen) atoms. The molecule has 1 aromatic rings. The topological polar surface area (TPSA) is 31.6 Å². The lowest BCUT2D eigenvalue weighted by Crippen LogP contribution is -1.97. The van der Waals surface area contributed by atoms with E-state index >= 15 is 0 Å². The first kappa shape index (κ1) is 15.5. The minimum absolute atomic E-state index is 0.0453. The Labute approximate surface area is 116 Å². The lowest BCUT2D eigenvalue weighted by molar-refractivity contribution is 0.586. The molecule has 0 radical (unpaired) electrons. The van der Waals surface area contributed by atoms with Gasteiger partial charge in [0.1, 0.15) is 11.7 Å². The van der Waals surface area contributed by atoms with Gasteiger partial charge in [-0.15, -0.1) is 0 Å². The number of halogens is 3. The molecule has 0 fully saturated rings. The van der Waals surface area contributed by atoms with Gasteiger partial charge in [-0.3, -0.25) is 0 Å². The summed E-state index contributed by atoms with van der Waals surface area (Å²) in [6.07, 6.45) is 4.65. The van der Waals surface area contributed by atoms with E-state index < -0.39 is 11.7 Å². The van der Waals surface area contributed by atoms with Crippen LogP contribution in [0.25, 0.3) is 0 Å². The third-order valence-electron chi connectivity index (χ3n) is 2.73. The first-order valence-corrected chi connectivity index (χ1v) is 6.25. The summed E-state index contributed by atoms with van der Waals surface area (Å²) in [7, 11) is 0. The van der Waals surface area contributed by atoms with Gasteiger partial charge in [-0.05, 0) is 38.0 Å². The molecule has 2 N–H and O–H groups in total. The number of H-pyrrole nitrogens is 2. The van der Waals surface area contributed by atoms with Crippen LogP contribution in [0.3, 0.4) is 0 Å². The molecular formula is C14H17ClF2N2. The Morgan fingerprint density at radius 1 is 1.32 bits per heavy atom. The molecule has 2 nitrogen and oxygen atoms in total. The Morgan fingerprint density at radius 2 is 1.95 bits per heavy atom. The first-order valence-electron chi connectivity index (χ1n) is 5.87. The van der Waals surface area contributed by atoms with Gasteiger partial charge >= 0.3 is 0 Å². The third-order valence-corrected chi connectivity index (χ3v) is 2.94. The van der Waals surface area contributed by atoms with E-state index in [9.17, 15) is 8.78 Å². The SMILES string of the molecule is C/C=C(F)\C(Cc1c[nH][nH]cc(Cl)cc1C)=C(/C)F. The van der Waals surface area contributed by atoms with Crippen LogP contribution < -0.4 is 0 Å². The van der Waals surface area contributed by atoms with Gasteiger partial charge in [0.05, 0.1) is 5.02 Å². The van der Waals surface area contributed by atoms with E-state index in [2.05, 4.69) is 10.2 Å². The molecule has 0 saturated heterocycles. The van der Waals surface area contributed by atoms with Crippen LogP contribution in [0.4, 0.5) is 8.78 Å². The van der Waals surface area contributed by atoms with Crippen LogP contribution in [-0.2, 0) is 6.42 Å². The van der Waals surface area contributed by atoms with Crippen LogP contribution in [-0.4, -0.2) is 10.2 Å². The molecule has 0 saturated carbocycles. The second-order valence-corrected chi connectivity index (χ2v) is 4.58. The summed E-state index contributed by atoms with van der Waals surface area (Å²) in [5.74, 6) is -1.08. The van der Waals surface area contributed by atoms with E-state index in [0.29, 0.717) is 5.02 Å². The van der Waals surface area contributed by atoms with Gasteiger partial charge in [0.2, 0.25) is 0 Å². The van der Waals surface area contributed by atoms with Crippen LogP contribution in [0, 0.1) is 6.92 Å². The molecule has 5 heteroatoms. The molecule has 0 unspecified atom stereocenters. The predicted octanol–water partition coefficient (Wildman–Crippen LogP) is 5.09. The van der Waals surface area contributed by atoms with E-state index in [1.807, 2.05) is 6.92 Å². The predicted molar refractivity (Wildman–Crippen MR) is 74.9 cm³/mol. The molecule has 104 valence electrons. The normalized spacial score (nSPS) is 13.1. The van der Waals surface area contributed by atoms with Crippen molar-refractivity contribution in [1.82, 2.24) is 10.2 Å². The highest BCUT2D eigenvalue weighted by Gasteiger charge is 2.10. The van der Waals surface area contributed by atoms with E-state index in [4.69, 9.17) is 11.6 Å². The Morgan fingerprint density at radius 3 is 2.53 bits per heavy atom. The average Bonchev–Trinajstić information content (AvgIpc) is 2.34. The van der Waals surface area contributed by atoms with Crippen LogP contribution in [0.15, 0.2) is 41.8 Å². The van der Waals surface area contributed by atoms with E-state index in [1.54, 1.807) is 18.5 Å². The maximum absolute atomic E-state index is 13.6. The van der Waals surface area contributed by atoms with Crippen molar-refractivity contribution in [1.29, 1.82) is 0 Å². The highest BCUT2D eigenvalue weighted by Crippen LogP contribution is 2.23. The van der Waals surface area contributed by atoms with Crippen molar-refractivity contribution < 1.29 is 8.78 Å². The highest BCUT2D eigenvalue weighted by molar-refractivity contribution is 6.30. The summed E-state index contributed by atoms with van der Waals surface area (Å²) in [6.45, 7) is 4.63. The van der Waals surface area contributed by atoms with Crippen molar-refractivity contribution in [2.45, 2.75) is 27.2 Å². The average molecular weight is 287 g/mol. The zero-order chi connectivity index (χ0) is 14.4. The zero-order valence-corrected chi connectivity index (χ0v) is 11.9. The van der Waals surface area contributed by atoms with Gasteiger partial charge in [-0.1, -0.05) is 17.7 Å². The molecule has 1 rings (SSSR count). The molecule has 1 aromatic heterocycles. The molecule has 0 bridgehead atoms. The lowest BCUT2D eigenvalue weighted by atomic mass is 10.0. The van der Waals surface area contributed by atoms with Crippen LogP contribution in [0.1, 0.15) is 25.0 Å². The number of allylic oxidation sites excluding steroid dienone is 4. The molecular weight excluding hydrogens is 270 g/mol. The Balaban J connectivity index is 3.26. The van der Waals surface area contributed by atoms with Gasteiger partial charge in [0, 0.05) is 24.4 Å².